The number of benzene rings is 4. The molecule has 0 bridgehead atoms. The molecule has 3 heteroatoms. The third-order valence-electron chi connectivity index (χ3n) is 5.71. The van der Waals surface area contributed by atoms with Crippen LogP contribution in [-0.4, -0.2) is 4.57 Å². The van der Waals surface area contributed by atoms with E-state index in [1.54, 1.807) is 0 Å². The number of aromatic nitrogens is 1. The third-order valence-corrected chi connectivity index (χ3v) is 8.83. The Balaban J connectivity index is 1.83. The molecule has 0 aliphatic rings. The molecule has 0 radical (unpaired) electrons. The smallest absolute Gasteiger partial charge is 0.171 e. The minimum absolute atomic E-state index is 0.849. The van der Waals surface area contributed by atoms with Crippen LogP contribution in [0, 0.1) is 0 Å². The standard InChI is InChI=1S/C27H22NOP/c1-28-25-18-10-8-12-21(25)20-26(28)24-17-9-11-19-27(24)30(29,22-13-4-2-5-14-22)23-15-6-3-7-16-23/h2-20H,1H3. The van der Waals surface area contributed by atoms with Crippen molar-refractivity contribution in [2.24, 2.45) is 7.05 Å². The van der Waals surface area contributed by atoms with Crippen molar-refractivity contribution in [3.05, 3.63) is 115 Å². The first kappa shape index (κ1) is 18.7. The van der Waals surface area contributed by atoms with Gasteiger partial charge in [-0.2, -0.15) is 0 Å². The van der Waals surface area contributed by atoms with Gasteiger partial charge in [-0.1, -0.05) is 103 Å². The Morgan fingerprint density at radius 1 is 0.633 bits per heavy atom. The fraction of sp³-hybridized carbons (Fsp3) is 0.0370. The van der Waals surface area contributed by atoms with E-state index in [1.165, 1.54) is 5.39 Å². The number of nitrogens with zero attached hydrogens (tertiary/aromatic N) is 1. The van der Waals surface area contributed by atoms with Gasteiger partial charge in [0.05, 0.1) is 0 Å². The lowest BCUT2D eigenvalue weighted by Gasteiger charge is -2.23. The summed E-state index contributed by atoms with van der Waals surface area (Å²) >= 11 is 0. The van der Waals surface area contributed by atoms with Crippen LogP contribution in [-0.2, 0) is 11.6 Å². The maximum absolute atomic E-state index is 14.9. The van der Waals surface area contributed by atoms with Gasteiger partial charge in [-0.3, -0.25) is 0 Å². The largest absolute Gasteiger partial charge is 0.344 e. The fourth-order valence-electron chi connectivity index (χ4n) is 4.22. The predicted molar refractivity (Wildman–Crippen MR) is 128 cm³/mol. The first-order chi connectivity index (χ1) is 14.7. The average molecular weight is 407 g/mol. The zero-order chi connectivity index (χ0) is 20.6. The van der Waals surface area contributed by atoms with Crippen LogP contribution in [0.15, 0.2) is 115 Å². The first-order valence-electron chi connectivity index (χ1n) is 10.1. The summed E-state index contributed by atoms with van der Waals surface area (Å²) in [7, 11) is -0.982. The van der Waals surface area contributed by atoms with Crippen molar-refractivity contribution in [3.8, 4) is 11.3 Å². The molecule has 5 aromatic rings. The van der Waals surface area contributed by atoms with E-state index in [9.17, 15) is 4.57 Å². The van der Waals surface area contributed by atoms with Gasteiger partial charge in [0.25, 0.3) is 0 Å². The lowest BCUT2D eigenvalue weighted by Crippen LogP contribution is -2.26. The maximum atomic E-state index is 14.9. The molecule has 0 unspecified atom stereocenters. The molecular formula is C27H22NOP. The van der Waals surface area contributed by atoms with Crippen LogP contribution in [0.25, 0.3) is 22.2 Å². The van der Waals surface area contributed by atoms with Crippen molar-refractivity contribution in [1.82, 2.24) is 4.57 Å². The van der Waals surface area contributed by atoms with Crippen LogP contribution in [0.4, 0.5) is 0 Å². The van der Waals surface area contributed by atoms with E-state index in [0.717, 1.165) is 32.7 Å². The molecule has 2 nitrogen and oxygen atoms in total. The summed E-state index contributed by atoms with van der Waals surface area (Å²) in [5, 5.41) is 3.75. The molecule has 0 amide bonds. The number of para-hydroxylation sites is 1. The Labute approximate surface area is 176 Å². The van der Waals surface area contributed by atoms with Crippen LogP contribution in [0.1, 0.15) is 0 Å². The Morgan fingerprint density at radius 2 is 1.17 bits per heavy atom. The maximum Gasteiger partial charge on any atom is 0.171 e. The summed E-state index contributed by atoms with van der Waals surface area (Å²) in [5.74, 6) is 0. The second-order valence-electron chi connectivity index (χ2n) is 7.44. The van der Waals surface area contributed by atoms with Crippen molar-refractivity contribution in [2.75, 3.05) is 0 Å². The number of aryl methyl sites for hydroxylation is 1. The van der Waals surface area contributed by atoms with Gasteiger partial charge >= 0.3 is 0 Å². The Morgan fingerprint density at radius 3 is 1.80 bits per heavy atom. The van der Waals surface area contributed by atoms with Gasteiger partial charge in [0, 0.05) is 45.1 Å². The van der Waals surface area contributed by atoms with Crippen molar-refractivity contribution in [1.29, 1.82) is 0 Å². The van der Waals surface area contributed by atoms with Gasteiger partial charge in [-0.15, -0.1) is 0 Å². The summed E-state index contributed by atoms with van der Waals surface area (Å²) in [6.45, 7) is 0. The minimum atomic E-state index is -3.06. The summed E-state index contributed by atoms with van der Waals surface area (Å²) in [5.41, 5.74) is 3.24. The second-order valence-corrected chi connectivity index (χ2v) is 10.2. The molecule has 5 rings (SSSR count). The molecule has 0 atom stereocenters. The van der Waals surface area contributed by atoms with Crippen molar-refractivity contribution >= 4 is 34.0 Å². The molecule has 0 saturated carbocycles. The molecule has 146 valence electrons. The summed E-state index contributed by atoms with van der Waals surface area (Å²) in [4.78, 5) is 0. The van der Waals surface area contributed by atoms with E-state index in [4.69, 9.17) is 0 Å². The van der Waals surface area contributed by atoms with Gasteiger partial charge in [0.2, 0.25) is 0 Å². The van der Waals surface area contributed by atoms with E-state index in [0.29, 0.717) is 0 Å². The highest BCUT2D eigenvalue weighted by Gasteiger charge is 2.32. The molecule has 0 N–H and O–H groups in total. The van der Waals surface area contributed by atoms with Gasteiger partial charge in [-0.05, 0) is 12.1 Å². The molecule has 4 aromatic carbocycles. The zero-order valence-corrected chi connectivity index (χ0v) is 17.7. The van der Waals surface area contributed by atoms with Gasteiger partial charge in [-0.25, -0.2) is 0 Å². The highest BCUT2D eigenvalue weighted by atomic mass is 31.2. The lowest BCUT2D eigenvalue weighted by atomic mass is 10.1. The molecule has 0 fully saturated rings. The molecule has 1 heterocycles. The van der Waals surface area contributed by atoms with Crippen molar-refractivity contribution in [2.45, 2.75) is 0 Å². The Bertz CT molecular complexity index is 1330. The Kier molecular flexibility index (Phi) is 4.65. The highest BCUT2D eigenvalue weighted by molar-refractivity contribution is 7.85. The molecule has 0 saturated heterocycles. The monoisotopic (exact) mass is 407 g/mol. The summed E-state index contributed by atoms with van der Waals surface area (Å²) in [6.07, 6.45) is 0. The van der Waals surface area contributed by atoms with E-state index in [-0.39, 0.29) is 0 Å². The minimum Gasteiger partial charge on any atom is -0.344 e. The third kappa shape index (κ3) is 2.93. The van der Waals surface area contributed by atoms with Crippen molar-refractivity contribution < 1.29 is 4.57 Å². The number of hydrogen-bond donors (Lipinski definition) is 0. The highest BCUT2D eigenvalue weighted by Crippen LogP contribution is 2.45. The second kappa shape index (κ2) is 7.48. The SMILES string of the molecule is Cn1c(-c2ccccc2P(=O)(c2ccccc2)c2ccccc2)cc2ccccc21. The lowest BCUT2D eigenvalue weighted by molar-refractivity contribution is 0.592. The van der Waals surface area contributed by atoms with Crippen LogP contribution < -0.4 is 15.9 Å². The zero-order valence-electron chi connectivity index (χ0n) is 16.8. The normalized spacial score (nSPS) is 11.6. The number of rotatable bonds is 4. The topological polar surface area (TPSA) is 22.0 Å². The van der Waals surface area contributed by atoms with Gasteiger partial charge in [0.15, 0.2) is 7.14 Å². The van der Waals surface area contributed by atoms with E-state index >= 15 is 0 Å². The molecule has 0 spiro atoms. The Hall–Kier alpha value is -3.35. The van der Waals surface area contributed by atoms with Crippen LogP contribution in [0.5, 0.6) is 0 Å². The van der Waals surface area contributed by atoms with Crippen LogP contribution in [0.2, 0.25) is 0 Å². The molecule has 0 aliphatic heterocycles. The van der Waals surface area contributed by atoms with Gasteiger partial charge in [0.1, 0.15) is 0 Å². The predicted octanol–water partition coefficient (Wildman–Crippen LogP) is 5.48. The van der Waals surface area contributed by atoms with E-state index in [1.807, 2.05) is 78.9 Å². The molecule has 0 aliphatic carbocycles. The number of fused-ring (bicyclic) bond motifs is 1. The first-order valence-corrected chi connectivity index (χ1v) is 11.8. The van der Waals surface area contributed by atoms with E-state index in [2.05, 4.69) is 48.0 Å². The van der Waals surface area contributed by atoms with Crippen LogP contribution >= 0.6 is 7.14 Å². The fourth-order valence-corrected chi connectivity index (χ4v) is 7.08. The van der Waals surface area contributed by atoms with Crippen LogP contribution in [0.3, 0.4) is 0 Å². The number of hydrogen-bond acceptors (Lipinski definition) is 1. The molecule has 1 aromatic heterocycles. The quantitative estimate of drug-likeness (QED) is 0.361. The average Bonchev–Trinajstić information content (AvgIpc) is 3.16. The molecule has 30 heavy (non-hydrogen) atoms. The van der Waals surface area contributed by atoms with Gasteiger partial charge < -0.3 is 9.13 Å². The summed E-state index contributed by atoms with van der Waals surface area (Å²) < 4.78 is 17.1. The summed E-state index contributed by atoms with van der Waals surface area (Å²) in [6, 6.07) is 38.3. The van der Waals surface area contributed by atoms with Crippen molar-refractivity contribution in [3.63, 3.8) is 0 Å². The van der Waals surface area contributed by atoms with E-state index < -0.39 is 7.14 Å². The molecular weight excluding hydrogens is 385 g/mol.